The number of carboxylic acids is 1. The molecule has 0 bridgehead atoms. The molecule has 0 aliphatic carbocycles. The van der Waals surface area contributed by atoms with Gasteiger partial charge in [-0.1, -0.05) is 20.3 Å². The zero-order valence-corrected chi connectivity index (χ0v) is 18.0. The van der Waals surface area contributed by atoms with Crippen LogP contribution < -0.4 is 20.1 Å². The number of amides is 2. The number of carbonyl (C=O) groups is 4. The Bertz CT molecular complexity index is 946. The Morgan fingerprint density at radius 1 is 1.16 bits per heavy atom. The molecule has 168 valence electrons. The summed E-state index contributed by atoms with van der Waals surface area (Å²) in [6.07, 6.45) is 0.446. The summed E-state index contributed by atoms with van der Waals surface area (Å²) in [5.41, 5.74) is -1.42. The van der Waals surface area contributed by atoms with Crippen LogP contribution in [0.15, 0.2) is 12.1 Å². The van der Waals surface area contributed by atoms with Crippen molar-refractivity contribution in [1.29, 1.82) is 0 Å². The van der Waals surface area contributed by atoms with Crippen LogP contribution in [-0.4, -0.2) is 55.7 Å². The van der Waals surface area contributed by atoms with E-state index in [1.54, 1.807) is 6.92 Å². The fourth-order valence-electron chi connectivity index (χ4n) is 4.77. The van der Waals surface area contributed by atoms with Crippen LogP contribution in [0.1, 0.15) is 42.2 Å². The first-order valence-corrected chi connectivity index (χ1v) is 9.87. The molecule has 2 heterocycles. The minimum Gasteiger partial charge on any atom is -0.497 e. The Labute approximate surface area is 179 Å². The Balaban J connectivity index is 2.30. The van der Waals surface area contributed by atoms with Gasteiger partial charge in [-0.15, -0.1) is 0 Å². The molecular formula is C21H26N2O8. The van der Waals surface area contributed by atoms with Crippen LogP contribution in [0, 0.1) is 17.8 Å². The van der Waals surface area contributed by atoms with E-state index in [1.165, 1.54) is 33.5 Å². The molecule has 5 atom stereocenters. The average Bonchev–Trinajstić information content (AvgIpc) is 3.28. The molecule has 2 aliphatic heterocycles. The number of methoxy groups -OCH3 is 3. The topological polar surface area (TPSA) is 140 Å². The Kier molecular flexibility index (Phi) is 5.95. The number of hydrogen-bond acceptors (Lipinski definition) is 8. The highest BCUT2D eigenvalue weighted by molar-refractivity contribution is 6.09. The predicted molar refractivity (Wildman–Crippen MR) is 107 cm³/mol. The number of carboxylic acid groups (broad SMARTS) is 1. The van der Waals surface area contributed by atoms with E-state index in [1.807, 2.05) is 6.92 Å². The van der Waals surface area contributed by atoms with Gasteiger partial charge in [0.25, 0.3) is 0 Å². The SMILES string of the molecule is CCC(C)C1(C(=O)O)NC(c2cc(OC)cc(OC)c2C(=O)OC)C2C(=O)NC(=O)C21. The summed E-state index contributed by atoms with van der Waals surface area (Å²) in [5.74, 6) is -5.43. The monoisotopic (exact) mass is 434 g/mol. The third-order valence-corrected chi connectivity index (χ3v) is 6.46. The molecule has 0 spiro atoms. The van der Waals surface area contributed by atoms with Crippen molar-refractivity contribution in [2.75, 3.05) is 21.3 Å². The number of ether oxygens (including phenoxy) is 3. The van der Waals surface area contributed by atoms with Gasteiger partial charge in [0.1, 0.15) is 22.6 Å². The summed E-state index contributed by atoms with van der Waals surface area (Å²) >= 11 is 0. The van der Waals surface area contributed by atoms with E-state index >= 15 is 0 Å². The van der Waals surface area contributed by atoms with Crippen LogP contribution in [0.25, 0.3) is 0 Å². The largest absolute Gasteiger partial charge is 0.497 e. The first-order valence-electron chi connectivity index (χ1n) is 9.87. The molecular weight excluding hydrogens is 408 g/mol. The maximum absolute atomic E-state index is 12.8. The van der Waals surface area contributed by atoms with Crippen molar-refractivity contribution in [1.82, 2.24) is 10.6 Å². The molecule has 0 radical (unpaired) electrons. The molecule has 10 nitrogen and oxygen atoms in total. The van der Waals surface area contributed by atoms with Crippen molar-refractivity contribution in [2.45, 2.75) is 31.8 Å². The molecule has 3 N–H and O–H groups in total. The van der Waals surface area contributed by atoms with E-state index in [9.17, 15) is 24.3 Å². The summed E-state index contributed by atoms with van der Waals surface area (Å²) in [6.45, 7) is 3.52. The van der Waals surface area contributed by atoms with Crippen molar-refractivity contribution < 1.29 is 38.5 Å². The number of rotatable bonds is 7. The van der Waals surface area contributed by atoms with Gasteiger partial charge in [-0.05, 0) is 17.5 Å². The lowest BCUT2D eigenvalue weighted by atomic mass is 9.71. The smallest absolute Gasteiger partial charge is 0.341 e. The number of esters is 1. The first-order chi connectivity index (χ1) is 14.7. The van der Waals surface area contributed by atoms with Gasteiger partial charge < -0.3 is 19.3 Å². The second-order valence-electron chi connectivity index (χ2n) is 7.75. The lowest BCUT2D eigenvalue weighted by molar-refractivity contribution is -0.152. The van der Waals surface area contributed by atoms with E-state index in [4.69, 9.17) is 14.2 Å². The fraction of sp³-hybridized carbons (Fsp3) is 0.524. The van der Waals surface area contributed by atoms with Crippen LogP contribution in [0.5, 0.6) is 11.5 Å². The van der Waals surface area contributed by atoms with Crippen LogP contribution in [0.2, 0.25) is 0 Å². The van der Waals surface area contributed by atoms with Crippen molar-refractivity contribution in [3.05, 3.63) is 23.3 Å². The third-order valence-electron chi connectivity index (χ3n) is 6.46. The number of benzene rings is 1. The fourth-order valence-corrected chi connectivity index (χ4v) is 4.77. The zero-order valence-electron chi connectivity index (χ0n) is 18.0. The van der Waals surface area contributed by atoms with Gasteiger partial charge >= 0.3 is 11.9 Å². The number of fused-ring (bicyclic) bond motifs is 1. The molecule has 1 aromatic rings. The number of carbonyl (C=O) groups excluding carboxylic acids is 3. The first kappa shape index (κ1) is 22.5. The molecule has 10 heteroatoms. The van der Waals surface area contributed by atoms with Crippen molar-refractivity contribution in [3.63, 3.8) is 0 Å². The Morgan fingerprint density at radius 3 is 2.35 bits per heavy atom. The minimum absolute atomic E-state index is 0.0274. The Hall–Kier alpha value is -3.14. The van der Waals surface area contributed by atoms with Gasteiger partial charge in [-0.2, -0.15) is 0 Å². The molecule has 31 heavy (non-hydrogen) atoms. The van der Waals surface area contributed by atoms with Gasteiger partial charge in [0.05, 0.1) is 33.2 Å². The van der Waals surface area contributed by atoms with E-state index in [-0.39, 0.29) is 16.9 Å². The maximum Gasteiger partial charge on any atom is 0.341 e. The summed E-state index contributed by atoms with van der Waals surface area (Å²) < 4.78 is 15.6. The quantitative estimate of drug-likeness (QED) is 0.421. The van der Waals surface area contributed by atoms with E-state index < -0.39 is 53.1 Å². The van der Waals surface area contributed by atoms with E-state index in [0.29, 0.717) is 12.2 Å². The second-order valence-corrected chi connectivity index (χ2v) is 7.75. The van der Waals surface area contributed by atoms with Crippen LogP contribution >= 0.6 is 0 Å². The zero-order chi connectivity index (χ0) is 23.1. The van der Waals surface area contributed by atoms with Crippen molar-refractivity contribution in [2.24, 2.45) is 17.8 Å². The van der Waals surface area contributed by atoms with Gasteiger partial charge in [-0.3, -0.25) is 25.0 Å². The standard InChI is InChI=1S/C21H26N2O8/c1-6-9(2)21(20(27)28)15-14(17(24)22-18(15)25)16(23-21)11-7-10(29-3)8-12(30-4)13(11)19(26)31-5/h7-9,14-16,23H,6H2,1-5H3,(H,27,28)(H,22,24,25). The maximum atomic E-state index is 12.8. The molecule has 0 saturated carbocycles. The average molecular weight is 434 g/mol. The molecule has 2 aliphatic rings. The lowest BCUT2D eigenvalue weighted by Crippen LogP contribution is -2.59. The summed E-state index contributed by atoms with van der Waals surface area (Å²) in [6, 6.07) is 2.04. The normalized spacial score (nSPS) is 28.0. The van der Waals surface area contributed by atoms with E-state index in [2.05, 4.69) is 10.6 Å². The highest BCUT2D eigenvalue weighted by Gasteiger charge is 2.68. The molecule has 3 rings (SSSR count). The van der Waals surface area contributed by atoms with E-state index in [0.717, 1.165) is 0 Å². The lowest BCUT2D eigenvalue weighted by Gasteiger charge is -2.35. The molecule has 2 saturated heterocycles. The molecule has 2 amide bonds. The molecule has 5 unspecified atom stereocenters. The number of hydrogen-bond donors (Lipinski definition) is 3. The highest BCUT2D eigenvalue weighted by Crippen LogP contribution is 2.51. The van der Waals surface area contributed by atoms with Crippen molar-refractivity contribution >= 4 is 23.8 Å². The predicted octanol–water partition coefficient (Wildman–Crippen LogP) is 0.893. The number of nitrogens with one attached hydrogen (secondary N) is 2. The molecule has 0 aromatic heterocycles. The van der Waals surface area contributed by atoms with Crippen LogP contribution in [0.4, 0.5) is 0 Å². The molecule has 1 aromatic carbocycles. The van der Waals surface area contributed by atoms with Gasteiger partial charge in [-0.25, -0.2) is 4.79 Å². The van der Waals surface area contributed by atoms with Gasteiger partial charge in [0.15, 0.2) is 0 Å². The van der Waals surface area contributed by atoms with Gasteiger partial charge in [0, 0.05) is 12.1 Å². The van der Waals surface area contributed by atoms with Gasteiger partial charge in [0.2, 0.25) is 11.8 Å². The Morgan fingerprint density at radius 2 is 1.84 bits per heavy atom. The van der Waals surface area contributed by atoms with Crippen LogP contribution in [-0.2, 0) is 19.1 Å². The van der Waals surface area contributed by atoms with Crippen molar-refractivity contribution in [3.8, 4) is 11.5 Å². The summed E-state index contributed by atoms with van der Waals surface area (Å²) in [4.78, 5) is 50.7. The summed E-state index contributed by atoms with van der Waals surface area (Å²) in [7, 11) is 3.99. The number of aliphatic carboxylic acids is 1. The minimum atomic E-state index is -1.70. The highest BCUT2D eigenvalue weighted by atomic mass is 16.5. The second kappa shape index (κ2) is 8.18. The summed E-state index contributed by atoms with van der Waals surface area (Å²) in [5, 5.41) is 15.5. The third kappa shape index (κ3) is 3.21. The number of imide groups is 1. The molecule has 2 fully saturated rings. The van der Waals surface area contributed by atoms with Crippen LogP contribution in [0.3, 0.4) is 0 Å².